The largest absolute Gasteiger partial charge is 0.394 e. The van der Waals surface area contributed by atoms with Gasteiger partial charge in [0, 0.05) is 5.30 Å². The van der Waals surface area contributed by atoms with E-state index in [0.717, 1.165) is 0 Å². The summed E-state index contributed by atoms with van der Waals surface area (Å²) in [6.45, 7) is -0.246. The van der Waals surface area contributed by atoms with E-state index in [1.54, 1.807) is 30.3 Å². The van der Waals surface area contributed by atoms with Crippen LogP contribution in [-0.2, 0) is 9.09 Å². The lowest BCUT2D eigenvalue weighted by molar-refractivity contribution is 0.197. The molecule has 0 spiro atoms. The second-order valence-corrected chi connectivity index (χ2v) is 5.11. The molecule has 1 aromatic carbocycles. The van der Waals surface area contributed by atoms with Crippen molar-refractivity contribution in [2.75, 3.05) is 19.6 Å². The maximum absolute atomic E-state index is 12.0. The summed E-state index contributed by atoms with van der Waals surface area (Å²) in [5, 5.41) is 18.0. The molecule has 0 heterocycles. The standard InChI is InChI=1S/C9H13O4P/c10-6-7-13-14(12,8-11)9-4-2-1-3-5-9/h1-5,10-11H,6-8H2. The molecule has 1 atom stereocenters. The number of hydrogen-bond donors (Lipinski definition) is 2. The number of aliphatic hydroxyl groups is 2. The molecule has 0 fully saturated rings. The van der Waals surface area contributed by atoms with Crippen molar-refractivity contribution in [2.24, 2.45) is 0 Å². The zero-order chi connectivity index (χ0) is 10.4. The van der Waals surface area contributed by atoms with Gasteiger partial charge in [-0.3, -0.25) is 4.57 Å². The van der Waals surface area contributed by atoms with Crippen molar-refractivity contribution in [3.63, 3.8) is 0 Å². The van der Waals surface area contributed by atoms with Crippen molar-refractivity contribution in [2.45, 2.75) is 0 Å². The zero-order valence-corrected chi connectivity index (χ0v) is 8.56. The topological polar surface area (TPSA) is 66.8 Å². The predicted molar refractivity (Wildman–Crippen MR) is 53.8 cm³/mol. The number of hydrogen-bond acceptors (Lipinski definition) is 4. The Bertz CT molecular complexity index is 312. The maximum Gasteiger partial charge on any atom is 0.256 e. The third-order valence-electron chi connectivity index (χ3n) is 1.73. The van der Waals surface area contributed by atoms with E-state index in [4.69, 9.17) is 14.7 Å². The summed E-state index contributed by atoms with van der Waals surface area (Å²) >= 11 is 0. The molecule has 0 aliphatic carbocycles. The summed E-state index contributed by atoms with van der Waals surface area (Å²) in [6.07, 6.45) is -0.545. The lowest BCUT2D eigenvalue weighted by atomic mass is 10.4. The van der Waals surface area contributed by atoms with Gasteiger partial charge < -0.3 is 14.7 Å². The smallest absolute Gasteiger partial charge is 0.256 e. The lowest BCUT2D eigenvalue weighted by Gasteiger charge is -2.15. The Balaban J connectivity index is 2.85. The average molecular weight is 216 g/mol. The summed E-state index contributed by atoms with van der Waals surface area (Å²) in [7, 11) is -3.17. The second kappa shape index (κ2) is 5.27. The molecule has 4 nitrogen and oxygen atoms in total. The first-order valence-corrected chi connectivity index (χ1v) is 6.05. The van der Waals surface area contributed by atoms with Crippen LogP contribution in [0.3, 0.4) is 0 Å². The highest BCUT2D eigenvalue weighted by atomic mass is 31.2. The third-order valence-corrected chi connectivity index (χ3v) is 3.78. The Hall–Kier alpha value is -0.670. The molecule has 0 saturated heterocycles. The Morgan fingerprint density at radius 1 is 1.21 bits per heavy atom. The van der Waals surface area contributed by atoms with Crippen molar-refractivity contribution in [1.82, 2.24) is 0 Å². The van der Waals surface area contributed by atoms with Crippen LogP contribution < -0.4 is 5.30 Å². The van der Waals surface area contributed by atoms with Crippen LogP contribution >= 0.6 is 7.37 Å². The van der Waals surface area contributed by atoms with Crippen molar-refractivity contribution in [3.8, 4) is 0 Å². The van der Waals surface area contributed by atoms with E-state index >= 15 is 0 Å². The fourth-order valence-corrected chi connectivity index (χ4v) is 2.44. The fourth-order valence-electron chi connectivity index (χ4n) is 1.04. The Morgan fingerprint density at radius 2 is 1.86 bits per heavy atom. The first-order chi connectivity index (χ1) is 6.73. The zero-order valence-electron chi connectivity index (χ0n) is 7.67. The second-order valence-electron chi connectivity index (χ2n) is 2.71. The van der Waals surface area contributed by atoms with Gasteiger partial charge in [-0.05, 0) is 12.1 Å². The quantitative estimate of drug-likeness (QED) is 0.705. The van der Waals surface area contributed by atoms with E-state index in [2.05, 4.69) is 0 Å². The van der Waals surface area contributed by atoms with E-state index in [-0.39, 0.29) is 13.2 Å². The van der Waals surface area contributed by atoms with Gasteiger partial charge in [-0.25, -0.2) is 0 Å². The molecule has 1 aromatic rings. The van der Waals surface area contributed by atoms with Crippen LogP contribution in [0.1, 0.15) is 0 Å². The highest BCUT2D eigenvalue weighted by Crippen LogP contribution is 2.43. The average Bonchev–Trinajstić information content (AvgIpc) is 2.27. The fraction of sp³-hybridized carbons (Fsp3) is 0.333. The molecule has 1 rings (SSSR count). The van der Waals surface area contributed by atoms with E-state index < -0.39 is 13.7 Å². The summed E-state index contributed by atoms with van der Waals surface area (Å²) in [4.78, 5) is 0. The molecule has 14 heavy (non-hydrogen) atoms. The van der Waals surface area contributed by atoms with Crippen LogP contribution in [0.25, 0.3) is 0 Å². The first kappa shape index (κ1) is 11.4. The van der Waals surface area contributed by atoms with Crippen molar-refractivity contribution < 1.29 is 19.3 Å². The van der Waals surface area contributed by atoms with Gasteiger partial charge in [0.15, 0.2) is 0 Å². The van der Waals surface area contributed by atoms with Crippen LogP contribution in [0.2, 0.25) is 0 Å². The Kier molecular flexibility index (Phi) is 4.29. The molecule has 0 saturated carbocycles. The molecule has 78 valence electrons. The minimum Gasteiger partial charge on any atom is -0.394 e. The summed E-state index contributed by atoms with van der Waals surface area (Å²) in [6, 6.07) is 8.50. The highest BCUT2D eigenvalue weighted by Gasteiger charge is 2.24. The van der Waals surface area contributed by atoms with Gasteiger partial charge in [0.05, 0.1) is 13.2 Å². The monoisotopic (exact) mass is 216 g/mol. The van der Waals surface area contributed by atoms with Gasteiger partial charge in [0.2, 0.25) is 0 Å². The van der Waals surface area contributed by atoms with Crippen LogP contribution in [0.5, 0.6) is 0 Å². The summed E-state index contributed by atoms with van der Waals surface area (Å²) in [5.41, 5.74) is 0. The lowest BCUT2D eigenvalue weighted by Crippen LogP contribution is -2.11. The summed E-state index contributed by atoms with van der Waals surface area (Å²) in [5.74, 6) is 0. The van der Waals surface area contributed by atoms with Gasteiger partial charge in [-0.2, -0.15) is 0 Å². The molecular weight excluding hydrogens is 203 g/mol. The van der Waals surface area contributed by atoms with E-state index in [1.165, 1.54) is 0 Å². The number of benzene rings is 1. The number of aliphatic hydroxyl groups excluding tert-OH is 2. The van der Waals surface area contributed by atoms with Crippen molar-refractivity contribution in [3.05, 3.63) is 30.3 Å². The number of rotatable bonds is 5. The third kappa shape index (κ3) is 2.66. The van der Waals surface area contributed by atoms with Gasteiger partial charge in [0.25, 0.3) is 7.37 Å². The Labute approximate surface area is 82.6 Å². The van der Waals surface area contributed by atoms with Gasteiger partial charge in [-0.1, -0.05) is 18.2 Å². The van der Waals surface area contributed by atoms with Crippen LogP contribution in [0.4, 0.5) is 0 Å². The SMILES string of the molecule is O=P(CO)(OCCO)c1ccccc1. The van der Waals surface area contributed by atoms with E-state index in [1.807, 2.05) is 0 Å². The molecule has 0 aliphatic heterocycles. The maximum atomic E-state index is 12.0. The van der Waals surface area contributed by atoms with Gasteiger partial charge >= 0.3 is 0 Å². The van der Waals surface area contributed by atoms with Gasteiger partial charge in [0.1, 0.15) is 6.35 Å². The van der Waals surface area contributed by atoms with E-state index in [9.17, 15) is 4.57 Å². The van der Waals surface area contributed by atoms with Crippen molar-refractivity contribution >= 4 is 12.7 Å². The molecule has 0 radical (unpaired) electrons. The minimum absolute atomic E-state index is 0.0350. The normalized spacial score (nSPS) is 15.0. The molecule has 0 aromatic heterocycles. The molecule has 1 unspecified atom stereocenters. The van der Waals surface area contributed by atoms with Crippen LogP contribution in [0.15, 0.2) is 30.3 Å². The molecule has 0 aliphatic rings. The first-order valence-electron chi connectivity index (χ1n) is 4.24. The van der Waals surface area contributed by atoms with Crippen LogP contribution in [-0.4, -0.2) is 29.8 Å². The van der Waals surface area contributed by atoms with Gasteiger partial charge in [-0.15, -0.1) is 0 Å². The molecular formula is C9H13O4P. The molecule has 0 amide bonds. The molecule has 0 bridgehead atoms. The minimum atomic E-state index is -3.17. The molecule has 5 heteroatoms. The van der Waals surface area contributed by atoms with E-state index in [0.29, 0.717) is 5.30 Å². The summed E-state index contributed by atoms with van der Waals surface area (Å²) < 4.78 is 16.9. The molecule has 2 N–H and O–H groups in total. The van der Waals surface area contributed by atoms with Crippen molar-refractivity contribution in [1.29, 1.82) is 0 Å². The highest BCUT2D eigenvalue weighted by molar-refractivity contribution is 7.66. The predicted octanol–water partition coefficient (Wildman–Crippen LogP) is 0.549. The van der Waals surface area contributed by atoms with Crippen LogP contribution in [0, 0.1) is 0 Å². The Morgan fingerprint density at radius 3 is 2.36 bits per heavy atom.